The van der Waals surface area contributed by atoms with Crippen molar-refractivity contribution in [2.45, 2.75) is 97.3 Å². The maximum Gasteiger partial charge on any atom is 0.119 e. The minimum Gasteiger partial charge on any atom is -0.491 e. The Balaban J connectivity index is 1.71. The number of hydrogen-bond acceptors (Lipinski definition) is 8. The van der Waals surface area contributed by atoms with Crippen LogP contribution in [0.25, 0.3) is 0 Å². The summed E-state index contributed by atoms with van der Waals surface area (Å²) >= 11 is 0. The van der Waals surface area contributed by atoms with Crippen LogP contribution in [0.4, 0.5) is 0 Å². The predicted octanol–water partition coefficient (Wildman–Crippen LogP) is 7.45. The summed E-state index contributed by atoms with van der Waals surface area (Å²) in [7, 11) is 0. The van der Waals surface area contributed by atoms with E-state index in [1.807, 2.05) is 0 Å². The van der Waals surface area contributed by atoms with Crippen molar-refractivity contribution in [3.05, 3.63) is 29.8 Å². The van der Waals surface area contributed by atoms with Crippen LogP contribution in [0, 0.1) is 0 Å². The van der Waals surface area contributed by atoms with Crippen molar-refractivity contribution in [2.24, 2.45) is 0 Å². The Hall–Kier alpha value is -1.26. The highest BCUT2D eigenvalue weighted by Crippen LogP contribution is 2.15. The summed E-state index contributed by atoms with van der Waals surface area (Å²) in [5.74, 6) is 0.894. The van der Waals surface area contributed by atoms with E-state index in [1.165, 1.54) is 76.2 Å². The standard InChI is InChI=1S/C36H66O8/c1-3-5-7-9-11-13-15-35-16-18-36(19-17-35)44-34-33-43-32-31-42-30-29-41-28-27-40-26-25-39-24-23-38-22-21-37-20-14-12-10-8-6-4-2/h16-19H,3-15,20-34H2,1-2H3. The van der Waals surface area contributed by atoms with Gasteiger partial charge in [0.2, 0.25) is 0 Å². The van der Waals surface area contributed by atoms with Gasteiger partial charge >= 0.3 is 0 Å². The summed E-state index contributed by atoms with van der Waals surface area (Å²) in [5, 5.41) is 0. The average Bonchev–Trinajstić information content (AvgIpc) is 3.04. The van der Waals surface area contributed by atoms with Gasteiger partial charge in [0.15, 0.2) is 0 Å². The molecule has 0 saturated carbocycles. The van der Waals surface area contributed by atoms with Crippen molar-refractivity contribution in [1.82, 2.24) is 0 Å². The first kappa shape index (κ1) is 40.8. The molecule has 1 aromatic carbocycles. The van der Waals surface area contributed by atoms with E-state index in [1.54, 1.807) is 0 Å². The zero-order valence-electron chi connectivity index (χ0n) is 28.4. The number of benzene rings is 1. The molecule has 44 heavy (non-hydrogen) atoms. The molecule has 0 fully saturated rings. The molecule has 258 valence electrons. The number of aryl methyl sites for hydroxylation is 1. The van der Waals surface area contributed by atoms with E-state index in [9.17, 15) is 0 Å². The Morgan fingerprint density at radius 1 is 0.341 bits per heavy atom. The van der Waals surface area contributed by atoms with Gasteiger partial charge in [-0.25, -0.2) is 0 Å². The summed E-state index contributed by atoms with van der Waals surface area (Å²) in [6, 6.07) is 8.46. The van der Waals surface area contributed by atoms with Crippen molar-refractivity contribution < 1.29 is 37.9 Å². The van der Waals surface area contributed by atoms with Gasteiger partial charge in [-0.05, 0) is 37.0 Å². The molecule has 0 unspecified atom stereocenters. The normalized spacial score (nSPS) is 11.4. The molecule has 0 aliphatic heterocycles. The molecular formula is C36H66O8. The van der Waals surface area contributed by atoms with Gasteiger partial charge in [-0.15, -0.1) is 0 Å². The van der Waals surface area contributed by atoms with E-state index in [-0.39, 0.29) is 0 Å². The summed E-state index contributed by atoms with van der Waals surface area (Å²) in [6.45, 7) is 13.2. The number of rotatable bonds is 36. The second-order valence-corrected chi connectivity index (χ2v) is 11.1. The third-order valence-electron chi connectivity index (χ3n) is 7.11. The fourth-order valence-electron chi connectivity index (χ4n) is 4.49. The van der Waals surface area contributed by atoms with Gasteiger partial charge in [-0.1, -0.05) is 90.2 Å². The van der Waals surface area contributed by atoms with E-state index in [0.29, 0.717) is 92.5 Å². The maximum absolute atomic E-state index is 5.77. The van der Waals surface area contributed by atoms with E-state index in [2.05, 4.69) is 38.1 Å². The molecule has 0 heterocycles. The predicted molar refractivity (Wildman–Crippen MR) is 178 cm³/mol. The van der Waals surface area contributed by atoms with Crippen LogP contribution in [0.1, 0.15) is 96.5 Å². The second-order valence-electron chi connectivity index (χ2n) is 11.1. The smallest absolute Gasteiger partial charge is 0.119 e. The summed E-state index contributed by atoms with van der Waals surface area (Å²) in [5.41, 5.74) is 1.38. The molecule has 0 spiro atoms. The third-order valence-corrected chi connectivity index (χ3v) is 7.11. The molecule has 0 aromatic heterocycles. The van der Waals surface area contributed by atoms with Crippen LogP contribution in [0.5, 0.6) is 5.75 Å². The number of unbranched alkanes of at least 4 members (excludes halogenated alkanes) is 10. The van der Waals surface area contributed by atoms with Crippen molar-refractivity contribution in [1.29, 1.82) is 0 Å². The lowest BCUT2D eigenvalue weighted by molar-refractivity contribution is -0.0213. The molecular weight excluding hydrogens is 560 g/mol. The van der Waals surface area contributed by atoms with E-state index in [4.69, 9.17) is 37.9 Å². The average molecular weight is 627 g/mol. The highest BCUT2D eigenvalue weighted by Gasteiger charge is 1.99. The lowest BCUT2D eigenvalue weighted by Crippen LogP contribution is -2.15. The van der Waals surface area contributed by atoms with E-state index < -0.39 is 0 Å². The molecule has 0 N–H and O–H groups in total. The monoisotopic (exact) mass is 626 g/mol. The molecule has 8 nitrogen and oxygen atoms in total. The minimum absolute atomic E-state index is 0.535. The molecule has 0 amide bonds. The van der Waals surface area contributed by atoms with Crippen LogP contribution >= 0.6 is 0 Å². The first-order valence-corrected chi connectivity index (χ1v) is 17.6. The molecule has 0 saturated heterocycles. The number of hydrogen-bond donors (Lipinski definition) is 0. The molecule has 0 bridgehead atoms. The first-order valence-electron chi connectivity index (χ1n) is 17.6. The van der Waals surface area contributed by atoms with E-state index >= 15 is 0 Å². The molecule has 1 aromatic rings. The van der Waals surface area contributed by atoms with Crippen molar-refractivity contribution in [3.8, 4) is 5.75 Å². The van der Waals surface area contributed by atoms with Crippen LogP contribution in [0.3, 0.4) is 0 Å². The molecule has 0 atom stereocenters. The van der Waals surface area contributed by atoms with Gasteiger partial charge in [-0.2, -0.15) is 0 Å². The zero-order valence-corrected chi connectivity index (χ0v) is 28.4. The van der Waals surface area contributed by atoms with Gasteiger partial charge in [0.05, 0.1) is 85.9 Å². The van der Waals surface area contributed by atoms with Gasteiger partial charge in [0.1, 0.15) is 12.4 Å². The maximum atomic E-state index is 5.77. The Kier molecular flexibility index (Phi) is 32.1. The van der Waals surface area contributed by atoms with Gasteiger partial charge < -0.3 is 37.9 Å². The summed E-state index contributed by atoms with van der Waals surface area (Å²) in [6.07, 6.45) is 16.8. The number of ether oxygens (including phenoxy) is 8. The summed E-state index contributed by atoms with van der Waals surface area (Å²) in [4.78, 5) is 0. The zero-order chi connectivity index (χ0) is 31.4. The van der Waals surface area contributed by atoms with Crippen molar-refractivity contribution >= 4 is 0 Å². The largest absolute Gasteiger partial charge is 0.491 e. The molecule has 0 radical (unpaired) electrons. The Bertz CT molecular complexity index is 673. The van der Waals surface area contributed by atoms with Gasteiger partial charge in [0.25, 0.3) is 0 Å². The first-order chi connectivity index (χ1) is 21.9. The van der Waals surface area contributed by atoms with E-state index in [0.717, 1.165) is 25.2 Å². The van der Waals surface area contributed by atoms with Crippen LogP contribution in [-0.2, 0) is 39.6 Å². The molecule has 8 heteroatoms. The Morgan fingerprint density at radius 3 is 1.11 bits per heavy atom. The highest BCUT2D eigenvalue weighted by atomic mass is 16.6. The van der Waals surface area contributed by atoms with Crippen LogP contribution in [0.2, 0.25) is 0 Å². The van der Waals surface area contributed by atoms with Crippen LogP contribution < -0.4 is 4.74 Å². The van der Waals surface area contributed by atoms with Crippen molar-refractivity contribution in [2.75, 3.05) is 99.1 Å². The van der Waals surface area contributed by atoms with Gasteiger partial charge in [-0.3, -0.25) is 0 Å². The fraction of sp³-hybridized carbons (Fsp3) is 0.833. The summed E-state index contributed by atoms with van der Waals surface area (Å²) < 4.78 is 44.6. The highest BCUT2D eigenvalue weighted by molar-refractivity contribution is 5.27. The van der Waals surface area contributed by atoms with Crippen LogP contribution in [0.15, 0.2) is 24.3 Å². The molecule has 0 aliphatic carbocycles. The molecule has 0 aliphatic rings. The second kappa shape index (κ2) is 34.6. The Labute approximate surface area is 269 Å². The lowest BCUT2D eigenvalue weighted by Gasteiger charge is -2.09. The third kappa shape index (κ3) is 29.5. The SMILES string of the molecule is CCCCCCCCOCCOCCOCCOCCOCCOCCOCCOc1ccc(CCCCCCCC)cc1. The van der Waals surface area contributed by atoms with Crippen LogP contribution in [-0.4, -0.2) is 99.1 Å². The lowest BCUT2D eigenvalue weighted by atomic mass is 10.0. The van der Waals surface area contributed by atoms with Crippen molar-refractivity contribution in [3.63, 3.8) is 0 Å². The fourth-order valence-corrected chi connectivity index (χ4v) is 4.49. The molecule has 1 rings (SSSR count). The quantitative estimate of drug-likeness (QED) is 0.0712. The Morgan fingerprint density at radius 2 is 0.682 bits per heavy atom. The van der Waals surface area contributed by atoms with Gasteiger partial charge in [0, 0.05) is 6.61 Å². The minimum atomic E-state index is 0.535. The topological polar surface area (TPSA) is 73.8 Å².